The van der Waals surface area contributed by atoms with Crippen molar-refractivity contribution in [2.24, 2.45) is 10.9 Å². The van der Waals surface area contributed by atoms with Crippen LogP contribution in [-0.2, 0) is 11.3 Å². The minimum absolute atomic E-state index is 0.104. The molecule has 0 aromatic heterocycles. The molecule has 132 valence electrons. The number of guanidine groups is 1. The Labute approximate surface area is 150 Å². The normalized spacial score (nSPS) is 16.2. The third-order valence-electron chi connectivity index (χ3n) is 4.25. The number of hydrogen-bond acceptors (Lipinski definition) is 2. The number of carbonyl (C=O) groups excluding carboxylic acids is 1. The van der Waals surface area contributed by atoms with Gasteiger partial charge in [-0.3, -0.25) is 9.79 Å². The molecule has 1 aliphatic heterocycles. The molecule has 1 aromatic rings. The molecule has 0 unspecified atom stereocenters. The number of aliphatic imine (C=N–C) groups is 1. The number of hydrogen-bond donors (Lipinski definition) is 2. The summed E-state index contributed by atoms with van der Waals surface area (Å²) >= 11 is 3.30. The van der Waals surface area contributed by atoms with Crippen molar-refractivity contribution >= 4 is 27.8 Å². The van der Waals surface area contributed by atoms with Crippen LogP contribution in [0.3, 0.4) is 0 Å². The van der Waals surface area contributed by atoms with Gasteiger partial charge in [0.15, 0.2) is 5.96 Å². The predicted molar refractivity (Wildman–Crippen MR) is 97.3 cm³/mol. The summed E-state index contributed by atoms with van der Waals surface area (Å²) in [6.07, 6.45) is 2.53. The van der Waals surface area contributed by atoms with Crippen molar-refractivity contribution in [3.8, 4) is 0 Å². The van der Waals surface area contributed by atoms with Gasteiger partial charge in [0.25, 0.3) is 0 Å². The smallest absolute Gasteiger partial charge is 0.220 e. The van der Waals surface area contributed by atoms with Gasteiger partial charge in [0, 0.05) is 44.6 Å². The van der Waals surface area contributed by atoms with Crippen LogP contribution < -0.4 is 10.6 Å². The molecule has 1 amide bonds. The van der Waals surface area contributed by atoms with E-state index in [1.807, 2.05) is 6.07 Å². The summed E-state index contributed by atoms with van der Waals surface area (Å²) < 4.78 is 14.2. The van der Waals surface area contributed by atoms with E-state index in [9.17, 15) is 9.18 Å². The van der Waals surface area contributed by atoms with E-state index >= 15 is 0 Å². The number of nitrogens with zero attached hydrogens (tertiary/aromatic N) is 2. The van der Waals surface area contributed by atoms with Gasteiger partial charge in [-0.1, -0.05) is 15.9 Å². The van der Waals surface area contributed by atoms with E-state index in [0.29, 0.717) is 18.9 Å². The molecule has 2 rings (SSSR count). The second-order valence-corrected chi connectivity index (χ2v) is 6.90. The van der Waals surface area contributed by atoms with E-state index in [0.717, 1.165) is 41.9 Å². The fraction of sp³-hybridized carbons (Fsp3) is 0.529. The zero-order valence-corrected chi connectivity index (χ0v) is 15.7. The first-order chi connectivity index (χ1) is 11.5. The third-order valence-corrected chi connectivity index (χ3v) is 4.71. The highest BCUT2D eigenvalue weighted by Crippen LogP contribution is 2.20. The van der Waals surface area contributed by atoms with Crippen LogP contribution in [-0.4, -0.2) is 44.0 Å². The van der Waals surface area contributed by atoms with Crippen molar-refractivity contribution in [3.05, 3.63) is 34.1 Å². The summed E-state index contributed by atoms with van der Waals surface area (Å²) in [6.45, 7) is 2.25. The highest BCUT2D eigenvalue weighted by Gasteiger charge is 2.23. The van der Waals surface area contributed by atoms with E-state index in [1.54, 1.807) is 14.1 Å². The summed E-state index contributed by atoms with van der Waals surface area (Å²) in [5, 5.41) is 5.97. The summed E-state index contributed by atoms with van der Waals surface area (Å²) in [4.78, 5) is 18.0. The molecule has 0 atom stereocenters. The number of rotatable bonds is 4. The van der Waals surface area contributed by atoms with Gasteiger partial charge < -0.3 is 15.5 Å². The molecule has 0 radical (unpaired) electrons. The summed E-state index contributed by atoms with van der Waals surface area (Å²) in [5.74, 6) is 1.09. The Morgan fingerprint density at radius 1 is 1.38 bits per heavy atom. The lowest BCUT2D eigenvalue weighted by molar-refractivity contribution is -0.121. The van der Waals surface area contributed by atoms with Crippen LogP contribution in [0, 0.1) is 11.7 Å². The van der Waals surface area contributed by atoms with E-state index in [4.69, 9.17) is 0 Å². The van der Waals surface area contributed by atoms with Crippen molar-refractivity contribution in [1.82, 2.24) is 15.5 Å². The van der Waals surface area contributed by atoms with Crippen molar-refractivity contribution in [2.75, 3.05) is 27.2 Å². The molecule has 1 fully saturated rings. The Kier molecular flexibility index (Phi) is 7.02. The zero-order chi connectivity index (χ0) is 17.5. The lowest BCUT2D eigenvalue weighted by Crippen LogP contribution is -2.45. The van der Waals surface area contributed by atoms with E-state index in [2.05, 4.69) is 36.5 Å². The van der Waals surface area contributed by atoms with Gasteiger partial charge >= 0.3 is 0 Å². The average molecular weight is 399 g/mol. The Morgan fingerprint density at radius 3 is 2.67 bits per heavy atom. The summed E-state index contributed by atoms with van der Waals surface area (Å²) in [5.41, 5.74) is 0.859. The monoisotopic (exact) mass is 398 g/mol. The molecule has 24 heavy (non-hydrogen) atoms. The van der Waals surface area contributed by atoms with Crippen LogP contribution in [0.2, 0.25) is 0 Å². The van der Waals surface area contributed by atoms with Crippen LogP contribution in [0.1, 0.15) is 24.8 Å². The van der Waals surface area contributed by atoms with Gasteiger partial charge in [-0.2, -0.15) is 0 Å². The third kappa shape index (κ3) is 5.47. The van der Waals surface area contributed by atoms with Crippen molar-refractivity contribution in [1.29, 1.82) is 0 Å². The van der Waals surface area contributed by atoms with E-state index in [-0.39, 0.29) is 11.7 Å². The molecular formula is C17H24BrFN4O. The van der Waals surface area contributed by atoms with Gasteiger partial charge in [-0.05, 0) is 42.5 Å². The van der Waals surface area contributed by atoms with Crippen molar-refractivity contribution in [3.63, 3.8) is 0 Å². The van der Waals surface area contributed by atoms with Gasteiger partial charge in [0.05, 0.1) is 0 Å². The van der Waals surface area contributed by atoms with E-state index in [1.165, 1.54) is 12.1 Å². The average Bonchev–Trinajstić information content (AvgIpc) is 2.56. The number of halogens is 2. The first kappa shape index (κ1) is 18.7. The number of benzene rings is 1. The molecule has 0 spiro atoms. The summed E-state index contributed by atoms with van der Waals surface area (Å²) in [6, 6.07) is 4.84. The van der Waals surface area contributed by atoms with E-state index < -0.39 is 0 Å². The first-order valence-corrected chi connectivity index (χ1v) is 8.92. The SMILES string of the molecule is CN=C(NCc1cc(F)cc(Br)c1)N1CCC(CC(=O)NC)CC1. The first-order valence-electron chi connectivity index (χ1n) is 8.13. The largest absolute Gasteiger partial charge is 0.359 e. The Morgan fingerprint density at radius 2 is 2.08 bits per heavy atom. The number of amides is 1. The quantitative estimate of drug-likeness (QED) is 0.605. The van der Waals surface area contributed by atoms with Crippen molar-refractivity contribution < 1.29 is 9.18 Å². The van der Waals surface area contributed by atoms with Gasteiger partial charge in [0.1, 0.15) is 5.82 Å². The predicted octanol–water partition coefficient (Wildman–Crippen LogP) is 2.51. The molecule has 1 saturated heterocycles. The topological polar surface area (TPSA) is 56.7 Å². The number of likely N-dealkylation sites (tertiary alicyclic amines) is 1. The lowest BCUT2D eigenvalue weighted by atomic mass is 9.93. The molecule has 1 aromatic carbocycles. The van der Waals surface area contributed by atoms with Crippen LogP contribution in [0.4, 0.5) is 4.39 Å². The van der Waals surface area contributed by atoms with Gasteiger partial charge in [-0.25, -0.2) is 4.39 Å². The maximum Gasteiger partial charge on any atom is 0.220 e. The molecule has 0 saturated carbocycles. The Hall–Kier alpha value is -1.63. The standard InChI is InChI=1S/C17H24BrFN4O/c1-20-16(24)9-12-3-5-23(6-4-12)17(21-2)22-11-13-7-14(18)10-15(19)8-13/h7-8,10,12H,3-6,9,11H2,1-2H3,(H,20,24)(H,21,22). The molecule has 7 heteroatoms. The highest BCUT2D eigenvalue weighted by atomic mass is 79.9. The highest BCUT2D eigenvalue weighted by molar-refractivity contribution is 9.10. The van der Waals surface area contributed by atoms with Crippen LogP contribution in [0.5, 0.6) is 0 Å². The Balaban J connectivity index is 1.85. The van der Waals surface area contributed by atoms with Gasteiger partial charge in [-0.15, -0.1) is 0 Å². The molecule has 2 N–H and O–H groups in total. The maximum absolute atomic E-state index is 13.4. The number of carbonyl (C=O) groups is 1. The fourth-order valence-corrected chi connectivity index (χ4v) is 3.45. The van der Waals surface area contributed by atoms with Crippen LogP contribution in [0.15, 0.2) is 27.7 Å². The zero-order valence-electron chi connectivity index (χ0n) is 14.1. The number of nitrogens with one attached hydrogen (secondary N) is 2. The second kappa shape index (κ2) is 9.01. The van der Waals surface area contributed by atoms with Crippen LogP contribution in [0.25, 0.3) is 0 Å². The molecule has 1 aliphatic rings. The molecule has 0 aliphatic carbocycles. The van der Waals surface area contributed by atoms with Crippen LogP contribution >= 0.6 is 15.9 Å². The lowest BCUT2D eigenvalue weighted by Gasteiger charge is -2.34. The maximum atomic E-state index is 13.4. The minimum atomic E-state index is -0.258. The minimum Gasteiger partial charge on any atom is -0.359 e. The van der Waals surface area contributed by atoms with Crippen molar-refractivity contribution in [2.45, 2.75) is 25.8 Å². The molecule has 0 bridgehead atoms. The Bertz CT molecular complexity index is 580. The number of piperidine rings is 1. The fourth-order valence-electron chi connectivity index (χ4n) is 2.94. The molecule has 5 nitrogen and oxygen atoms in total. The van der Waals surface area contributed by atoms with Gasteiger partial charge in [0.2, 0.25) is 5.91 Å². The second-order valence-electron chi connectivity index (χ2n) is 5.99. The summed E-state index contributed by atoms with van der Waals surface area (Å²) in [7, 11) is 3.43. The molecule has 1 heterocycles. The molecular weight excluding hydrogens is 375 g/mol.